The van der Waals surface area contributed by atoms with Gasteiger partial charge in [0.05, 0.1) is 23.3 Å². The lowest BCUT2D eigenvalue weighted by Gasteiger charge is -2.26. The van der Waals surface area contributed by atoms with Crippen molar-refractivity contribution in [2.24, 2.45) is 0 Å². The third kappa shape index (κ3) is 7.24. The number of likely N-dealkylation sites (tertiary alicyclic amines) is 1. The van der Waals surface area contributed by atoms with Crippen molar-refractivity contribution in [2.45, 2.75) is 30.7 Å². The summed E-state index contributed by atoms with van der Waals surface area (Å²) in [6.45, 7) is 4.31. The minimum absolute atomic E-state index is 0.0562. The molecule has 39 heavy (non-hydrogen) atoms. The first-order chi connectivity index (χ1) is 18.9. The first-order valence-corrected chi connectivity index (χ1v) is 14.3. The number of carbonyl (C=O) groups excluding carboxylic acids is 1. The van der Waals surface area contributed by atoms with Crippen molar-refractivity contribution < 1.29 is 17.4 Å². The van der Waals surface area contributed by atoms with Crippen molar-refractivity contribution >= 4 is 38.8 Å². The summed E-state index contributed by atoms with van der Waals surface area (Å²) in [6, 6.07) is 16.2. The van der Waals surface area contributed by atoms with Gasteiger partial charge in [0.2, 0.25) is 5.95 Å². The van der Waals surface area contributed by atoms with Crippen LogP contribution in [0.5, 0.6) is 5.75 Å². The third-order valence-corrected chi connectivity index (χ3v) is 7.66. The summed E-state index contributed by atoms with van der Waals surface area (Å²) in [7, 11) is -4.04. The molecule has 204 valence electrons. The largest absolute Gasteiger partial charge is 0.384 e. The third-order valence-electron chi connectivity index (χ3n) is 6.40. The Morgan fingerprint density at radius 2 is 1.85 bits per heavy atom. The van der Waals surface area contributed by atoms with Crippen molar-refractivity contribution in [2.75, 3.05) is 36.8 Å². The SMILES string of the molecule is O=C(NCc1ccccn1)Nc1nc2ccc(OS(=O)(=O)c3ccc(NCCN4CCCCC4)cc3)cc2[nH]1. The maximum Gasteiger partial charge on any atom is 0.339 e. The van der Waals surface area contributed by atoms with Crippen molar-refractivity contribution in [1.82, 2.24) is 25.2 Å². The van der Waals surface area contributed by atoms with E-state index in [0.29, 0.717) is 11.0 Å². The Morgan fingerprint density at radius 3 is 2.62 bits per heavy atom. The Morgan fingerprint density at radius 1 is 1.03 bits per heavy atom. The highest BCUT2D eigenvalue weighted by atomic mass is 32.2. The number of hydrogen-bond donors (Lipinski definition) is 4. The molecule has 2 aromatic heterocycles. The van der Waals surface area contributed by atoms with Crippen LogP contribution in [0, 0.1) is 0 Å². The molecule has 5 rings (SSSR count). The van der Waals surface area contributed by atoms with Crippen LogP contribution in [0.25, 0.3) is 11.0 Å². The number of rotatable bonds is 10. The molecule has 0 bridgehead atoms. The first kappa shape index (κ1) is 26.4. The van der Waals surface area contributed by atoms with Crippen molar-refractivity contribution in [1.29, 1.82) is 0 Å². The number of nitrogens with zero attached hydrogens (tertiary/aromatic N) is 3. The van der Waals surface area contributed by atoms with E-state index >= 15 is 0 Å². The zero-order valence-corrected chi connectivity index (χ0v) is 22.2. The number of H-pyrrole nitrogens is 1. The van der Waals surface area contributed by atoms with Gasteiger partial charge in [0.15, 0.2) is 0 Å². The van der Waals surface area contributed by atoms with Crippen LogP contribution in [0.4, 0.5) is 16.4 Å². The van der Waals surface area contributed by atoms with Gasteiger partial charge in [-0.3, -0.25) is 10.3 Å². The topological polar surface area (TPSA) is 141 Å². The highest BCUT2D eigenvalue weighted by molar-refractivity contribution is 7.87. The van der Waals surface area contributed by atoms with Crippen LogP contribution in [0.15, 0.2) is 71.8 Å². The zero-order valence-electron chi connectivity index (χ0n) is 21.4. The monoisotopic (exact) mass is 549 g/mol. The summed E-state index contributed by atoms with van der Waals surface area (Å²) < 4.78 is 31.1. The Hall–Kier alpha value is -4.16. The predicted octanol–water partition coefficient (Wildman–Crippen LogP) is 3.95. The number of hydrogen-bond acceptors (Lipinski definition) is 8. The number of aromatic nitrogens is 3. The summed E-state index contributed by atoms with van der Waals surface area (Å²) in [5, 5.41) is 8.67. The number of nitrogens with one attached hydrogen (secondary N) is 4. The molecule has 11 nitrogen and oxygen atoms in total. The predicted molar refractivity (Wildman–Crippen MR) is 149 cm³/mol. The maximum absolute atomic E-state index is 12.9. The van der Waals surface area contributed by atoms with E-state index in [1.807, 2.05) is 6.07 Å². The number of imidazole rings is 1. The number of aromatic amines is 1. The lowest BCUT2D eigenvalue weighted by Crippen LogP contribution is -2.33. The van der Waals surface area contributed by atoms with Gasteiger partial charge < -0.3 is 24.7 Å². The molecule has 1 saturated heterocycles. The molecular formula is C27H31N7O4S. The van der Waals surface area contributed by atoms with E-state index < -0.39 is 16.1 Å². The number of anilines is 2. The summed E-state index contributed by atoms with van der Waals surface area (Å²) >= 11 is 0. The molecule has 0 aliphatic carbocycles. The standard InChI is InChI=1S/C27H31N7O4S/c35-27(30-19-21-6-2-3-13-28-21)33-26-31-24-12-9-22(18-25(24)32-26)38-39(36,37)23-10-7-20(8-11-23)29-14-17-34-15-4-1-5-16-34/h2-3,6-13,18,29H,1,4-5,14-17,19H2,(H3,30,31,32,33,35). The molecule has 1 fully saturated rings. The number of benzene rings is 2. The van der Waals surface area contributed by atoms with Gasteiger partial charge in [-0.15, -0.1) is 0 Å². The Balaban J connectivity index is 1.15. The second-order valence-corrected chi connectivity index (χ2v) is 10.8. The van der Waals surface area contributed by atoms with E-state index in [1.165, 1.54) is 43.5 Å². The molecule has 1 aliphatic heterocycles. The van der Waals surface area contributed by atoms with E-state index in [4.69, 9.17) is 4.18 Å². The van der Waals surface area contributed by atoms with Gasteiger partial charge in [0, 0.05) is 31.0 Å². The number of piperidine rings is 1. The lowest BCUT2D eigenvalue weighted by atomic mass is 10.1. The maximum atomic E-state index is 12.9. The minimum Gasteiger partial charge on any atom is -0.384 e. The second kappa shape index (κ2) is 12.1. The second-order valence-electron chi connectivity index (χ2n) is 9.28. The molecule has 3 heterocycles. The number of urea groups is 1. The smallest absolute Gasteiger partial charge is 0.339 e. The van der Waals surface area contributed by atoms with Crippen LogP contribution >= 0.6 is 0 Å². The molecule has 1 aliphatic rings. The molecule has 0 spiro atoms. The first-order valence-electron chi connectivity index (χ1n) is 12.9. The Bertz CT molecular complexity index is 1500. The van der Waals surface area contributed by atoms with Crippen LogP contribution in [0.1, 0.15) is 25.0 Å². The van der Waals surface area contributed by atoms with Crippen LogP contribution in [-0.2, 0) is 16.7 Å². The highest BCUT2D eigenvalue weighted by Crippen LogP contribution is 2.24. The fourth-order valence-corrected chi connectivity index (χ4v) is 5.30. The molecule has 2 amide bonds. The van der Waals surface area contributed by atoms with Gasteiger partial charge in [-0.2, -0.15) is 8.42 Å². The lowest BCUT2D eigenvalue weighted by molar-refractivity contribution is 0.237. The van der Waals surface area contributed by atoms with E-state index in [-0.39, 0.29) is 23.1 Å². The average Bonchev–Trinajstić information content (AvgIpc) is 3.34. The van der Waals surface area contributed by atoms with Crippen molar-refractivity contribution in [3.05, 3.63) is 72.6 Å². The van der Waals surface area contributed by atoms with Gasteiger partial charge >= 0.3 is 16.1 Å². The fraction of sp³-hybridized carbons (Fsp3) is 0.296. The van der Waals surface area contributed by atoms with Gasteiger partial charge in [-0.25, -0.2) is 9.78 Å². The average molecular weight is 550 g/mol. The summed E-state index contributed by atoms with van der Waals surface area (Å²) in [5.74, 6) is 0.341. The van der Waals surface area contributed by atoms with E-state index in [0.717, 1.165) is 37.6 Å². The Labute approximate surface area is 227 Å². The van der Waals surface area contributed by atoms with E-state index in [9.17, 15) is 13.2 Å². The Kier molecular flexibility index (Phi) is 8.23. The van der Waals surface area contributed by atoms with Crippen molar-refractivity contribution in [3.63, 3.8) is 0 Å². The molecular weight excluding hydrogens is 518 g/mol. The number of fused-ring (bicyclic) bond motifs is 1. The molecule has 0 radical (unpaired) electrons. The highest BCUT2D eigenvalue weighted by Gasteiger charge is 2.18. The van der Waals surface area contributed by atoms with E-state index in [2.05, 4.69) is 35.8 Å². The van der Waals surface area contributed by atoms with Gasteiger partial charge in [-0.05, 0) is 74.5 Å². The summed E-state index contributed by atoms with van der Waals surface area (Å²) in [5.41, 5.74) is 2.63. The number of amides is 2. The van der Waals surface area contributed by atoms with Crippen LogP contribution in [0.2, 0.25) is 0 Å². The molecule has 12 heteroatoms. The van der Waals surface area contributed by atoms with Gasteiger partial charge in [0.25, 0.3) is 0 Å². The van der Waals surface area contributed by atoms with E-state index in [1.54, 1.807) is 36.5 Å². The van der Waals surface area contributed by atoms with Gasteiger partial charge in [-0.1, -0.05) is 12.5 Å². The summed E-state index contributed by atoms with van der Waals surface area (Å²) in [4.78, 5) is 26.1. The number of pyridine rings is 1. The zero-order chi connectivity index (χ0) is 27.1. The minimum atomic E-state index is -4.04. The molecule has 4 N–H and O–H groups in total. The molecule has 4 aromatic rings. The van der Waals surface area contributed by atoms with Crippen LogP contribution in [-0.4, -0.2) is 60.5 Å². The molecule has 0 saturated carbocycles. The van der Waals surface area contributed by atoms with Crippen LogP contribution < -0.4 is 20.1 Å². The fourth-order valence-electron chi connectivity index (χ4n) is 4.38. The number of carbonyl (C=O) groups is 1. The normalized spacial score (nSPS) is 14.2. The quantitative estimate of drug-likeness (QED) is 0.218. The van der Waals surface area contributed by atoms with Gasteiger partial charge in [0.1, 0.15) is 10.6 Å². The van der Waals surface area contributed by atoms with Crippen LogP contribution in [0.3, 0.4) is 0 Å². The summed E-state index contributed by atoms with van der Waals surface area (Å²) in [6.07, 6.45) is 5.46. The molecule has 2 aromatic carbocycles. The molecule has 0 unspecified atom stereocenters. The molecule has 0 atom stereocenters. The van der Waals surface area contributed by atoms with Crippen molar-refractivity contribution in [3.8, 4) is 5.75 Å².